The molecule has 28 heavy (non-hydrogen) atoms. The number of hydrogen-bond donors (Lipinski definition) is 0. The second-order valence-electron chi connectivity index (χ2n) is 7.42. The van der Waals surface area contributed by atoms with Gasteiger partial charge in [-0.1, -0.05) is 12.1 Å². The topological polar surface area (TPSA) is 49.9 Å². The molecule has 0 N–H and O–H groups in total. The normalized spacial score (nSPS) is 18.3. The molecular formula is C23H26N2O3. The second-order valence-corrected chi connectivity index (χ2v) is 7.42. The van der Waals surface area contributed by atoms with Crippen LogP contribution in [0, 0.1) is 0 Å². The number of hydrogen-bond acceptors (Lipinski definition) is 3. The largest absolute Gasteiger partial charge is 0.494 e. The maximum Gasteiger partial charge on any atom is 0.254 e. The number of amides is 2. The predicted molar refractivity (Wildman–Crippen MR) is 109 cm³/mol. The van der Waals surface area contributed by atoms with Crippen molar-refractivity contribution in [3.05, 3.63) is 59.2 Å². The summed E-state index contributed by atoms with van der Waals surface area (Å²) >= 11 is 0. The second kappa shape index (κ2) is 7.66. The van der Waals surface area contributed by atoms with Gasteiger partial charge in [-0.2, -0.15) is 0 Å². The number of fused-ring (bicyclic) bond motifs is 1. The summed E-state index contributed by atoms with van der Waals surface area (Å²) in [6, 6.07) is 13.9. The summed E-state index contributed by atoms with van der Waals surface area (Å²) in [7, 11) is 0. The predicted octanol–water partition coefficient (Wildman–Crippen LogP) is 3.97. The summed E-state index contributed by atoms with van der Waals surface area (Å²) < 4.78 is 5.53. The number of nitrogens with zero attached hydrogens (tertiary/aromatic N) is 2. The van der Waals surface area contributed by atoms with Gasteiger partial charge in [0.05, 0.1) is 12.6 Å². The molecule has 0 bridgehead atoms. The first-order valence-electron chi connectivity index (χ1n) is 10.0. The molecule has 5 heteroatoms. The molecule has 2 heterocycles. The Bertz CT molecular complexity index is 891. The molecule has 0 spiro atoms. The molecule has 0 aliphatic carbocycles. The Kier molecular flexibility index (Phi) is 5.07. The lowest BCUT2D eigenvalue weighted by Gasteiger charge is -2.26. The van der Waals surface area contributed by atoms with Gasteiger partial charge in [0.25, 0.3) is 5.91 Å². The highest BCUT2D eigenvalue weighted by molar-refractivity contribution is 5.98. The van der Waals surface area contributed by atoms with Gasteiger partial charge in [-0.15, -0.1) is 0 Å². The molecule has 1 unspecified atom stereocenters. The minimum atomic E-state index is 0.0490. The van der Waals surface area contributed by atoms with Crippen molar-refractivity contribution in [2.24, 2.45) is 0 Å². The van der Waals surface area contributed by atoms with E-state index in [4.69, 9.17) is 4.74 Å². The van der Waals surface area contributed by atoms with E-state index in [1.54, 1.807) is 11.8 Å². The number of carbonyl (C=O) groups excluding carboxylic acids is 2. The van der Waals surface area contributed by atoms with Crippen LogP contribution in [-0.2, 0) is 11.2 Å². The fraction of sp³-hybridized carbons (Fsp3) is 0.391. The molecule has 0 radical (unpaired) electrons. The van der Waals surface area contributed by atoms with E-state index >= 15 is 0 Å². The van der Waals surface area contributed by atoms with Crippen molar-refractivity contribution in [1.29, 1.82) is 0 Å². The van der Waals surface area contributed by atoms with Crippen LogP contribution < -0.4 is 9.64 Å². The fourth-order valence-electron chi connectivity index (χ4n) is 4.34. The van der Waals surface area contributed by atoms with Crippen molar-refractivity contribution >= 4 is 17.5 Å². The lowest BCUT2D eigenvalue weighted by atomic mass is 10.0. The number of ether oxygens (including phenoxy) is 1. The summed E-state index contributed by atoms with van der Waals surface area (Å²) in [5, 5.41) is 0. The van der Waals surface area contributed by atoms with Crippen LogP contribution in [0.25, 0.3) is 0 Å². The maximum atomic E-state index is 13.2. The van der Waals surface area contributed by atoms with Gasteiger partial charge in [-0.05, 0) is 67.6 Å². The third-order valence-corrected chi connectivity index (χ3v) is 5.69. The van der Waals surface area contributed by atoms with Crippen molar-refractivity contribution in [2.45, 2.75) is 39.2 Å². The smallest absolute Gasteiger partial charge is 0.254 e. The Labute approximate surface area is 165 Å². The van der Waals surface area contributed by atoms with E-state index < -0.39 is 0 Å². The molecule has 2 aromatic carbocycles. The van der Waals surface area contributed by atoms with Gasteiger partial charge < -0.3 is 14.5 Å². The number of likely N-dealkylation sites (tertiary alicyclic amines) is 1. The zero-order chi connectivity index (χ0) is 19.7. The van der Waals surface area contributed by atoms with Crippen molar-refractivity contribution in [3.8, 4) is 5.75 Å². The molecular weight excluding hydrogens is 352 g/mol. The average Bonchev–Trinajstić information content (AvgIpc) is 3.35. The van der Waals surface area contributed by atoms with Crippen LogP contribution >= 0.6 is 0 Å². The van der Waals surface area contributed by atoms with Crippen molar-refractivity contribution in [1.82, 2.24) is 4.90 Å². The third kappa shape index (κ3) is 3.37. The summed E-state index contributed by atoms with van der Waals surface area (Å²) in [5.74, 6) is 0.976. The highest BCUT2D eigenvalue weighted by Gasteiger charge is 2.31. The van der Waals surface area contributed by atoms with E-state index in [-0.39, 0.29) is 17.9 Å². The molecule has 2 amide bonds. The Balaban J connectivity index is 1.55. The van der Waals surface area contributed by atoms with Crippen LogP contribution in [-0.4, -0.2) is 36.4 Å². The molecule has 1 fully saturated rings. The van der Waals surface area contributed by atoms with Crippen molar-refractivity contribution in [2.75, 3.05) is 24.6 Å². The molecule has 4 rings (SSSR count). The third-order valence-electron chi connectivity index (χ3n) is 5.69. The SMILES string of the molecule is CCOc1ccc(C2CCCN2C(=O)c2ccc3c(c2)CCN3C(C)=O)cc1. The van der Waals surface area contributed by atoms with E-state index in [1.807, 2.05) is 42.2 Å². The van der Waals surface area contributed by atoms with Gasteiger partial charge in [-0.25, -0.2) is 0 Å². The lowest BCUT2D eigenvalue weighted by molar-refractivity contribution is -0.116. The highest BCUT2D eigenvalue weighted by Crippen LogP contribution is 2.35. The first kappa shape index (κ1) is 18.5. The molecule has 2 aliphatic rings. The number of carbonyl (C=O) groups is 2. The highest BCUT2D eigenvalue weighted by atomic mass is 16.5. The number of rotatable bonds is 4. The van der Waals surface area contributed by atoms with E-state index in [9.17, 15) is 9.59 Å². The first-order chi connectivity index (χ1) is 13.6. The van der Waals surface area contributed by atoms with E-state index in [0.717, 1.165) is 48.4 Å². The van der Waals surface area contributed by atoms with Crippen LogP contribution in [0.15, 0.2) is 42.5 Å². The molecule has 2 aliphatic heterocycles. The summed E-state index contributed by atoms with van der Waals surface area (Å²) in [4.78, 5) is 28.7. The minimum Gasteiger partial charge on any atom is -0.494 e. The summed E-state index contributed by atoms with van der Waals surface area (Å²) in [6.07, 6.45) is 2.79. The van der Waals surface area contributed by atoms with Crippen LogP contribution in [0.3, 0.4) is 0 Å². The Morgan fingerprint density at radius 2 is 1.89 bits per heavy atom. The van der Waals surface area contributed by atoms with Crippen LogP contribution in [0.5, 0.6) is 5.75 Å². The maximum absolute atomic E-state index is 13.2. The number of anilines is 1. The standard InChI is InChI=1S/C23H26N2O3/c1-3-28-20-9-6-17(7-10-20)21-5-4-13-25(21)23(27)19-8-11-22-18(15-19)12-14-24(22)16(2)26/h6-11,15,21H,3-5,12-14H2,1-2H3. The van der Waals surface area contributed by atoms with Crippen LogP contribution in [0.4, 0.5) is 5.69 Å². The number of benzene rings is 2. The molecule has 2 aromatic rings. The van der Waals surface area contributed by atoms with Gasteiger partial charge in [0.2, 0.25) is 5.91 Å². The van der Waals surface area contributed by atoms with Crippen molar-refractivity contribution in [3.63, 3.8) is 0 Å². The Hall–Kier alpha value is -2.82. The zero-order valence-electron chi connectivity index (χ0n) is 16.5. The summed E-state index contributed by atoms with van der Waals surface area (Å²) in [6.45, 7) is 5.66. The van der Waals surface area contributed by atoms with Crippen molar-refractivity contribution < 1.29 is 14.3 Å². The first-order valence-corrected chi connectivity index (χ1v) is 10.0. The van der Waals surface area contributed by atoms with Gasteiger partial charge in [0.1, 0.15) is 5.75 Å². The zero-order valence-corrected chi connectivity index (χ0v) is 16.5. The molecule has 0 saturated carbocycles. The monoisotopic (exact) mass is 378 g/mol. The van der Waals surface area contributed by atoms with E-state index in [2.05, 4.69) is 12.1 Å². The molecule has 0 aromatic heterocycles. The average molecular weight is 378 g/mol. The summed E-state index contributed by atoms with van der Waals surface area (Å²) in [5.41, 5.74) is 3.88. The lowest BCUT2D eigenvalue weighted by Crippen LogP contribution is -2.30. The molecule has 5 nitrogen and oxygen atoms in total. The van der Waals surface area contributed by atoms with Crippen LogP contribution in [0.2, 0.25) is 0 Å². The Morgan fingerprint density at radius 3 is 2.61 bits per heavy atom. The van der Waals surface area contributed by atoms with Crippen LogP contribution in [0.1, 0.15) is 54.2 Å². The Morgan fingerprint density at radius 1 is 1.11 bits per heavy atom. The van der Waals surface area contributed by atoms with Gasteiger partial charge in [0, 0.05) is 31.3 Å². The molecule has 146 valence electrons. The van der Waals surface area contributed by atoms with Gasteiger partial charge in [-0.3, -0.25) is 9.59 Å². The van der Waals surface area contributed by atoms with Gasteiger partial charge in [0.15, 0.2) is 0 Å². The molecule has 1 saturated heterocycles. The molecule has 1 atom stereocenters. The van der Waals surface area contributed by atoms with Gasteiger partial charge >= 0.3 is 0 Å². The minimum absolute atomic E-state index is 0.0490. The van der Waals surface area contributed by atoms with E-state index in [0.29, 0.717) is 18.7 Å². The quantitative estimate of drug-likeness (QED) is 0.809. The van der Waals surface area contributed by atoms with E-state index in [1.165, 1.54) is 0 Å². The fourth-order valence-corrected chi connectivity index (χ4v) is 4.34.